The van der Waals surface area contributed by atoms with Crippen molar-refractivity contribution in [2.75, 3.05) is 13.1 Å². The van der Waals surface area contributed by atoms with E-state index in [9.17, 15) is 9.59 Å². The van der Waals surface area contributed by atoms with Gasteiger partial charge in [-0.25, -0.2) is 4.79 Å². The maximum Gasteiger partial charge on any atom is 0.318 e. The molecular formula is C21H23N3O2. The third kappa shape index (κ3) is 3.43. The zero-order valence-electron chi connectivity index (χ0n) is 14.7. The molecular weight excluding hydrogens is 326 g/mol. The van der Waals surface area contributed by atoms with Crippen LogP contribution in [0.4, 0.5) is 4.79 Å². The Morgan fingerprint density at radius 1 is 0.962 bits per heavy atom. The predicted molar refractivity (Wildman–Crippen MR) is 99.7 cm³/mol. The third-order valence-corrected chi connectivity index (χ3v) is 5.25. The first-order valence-electron chi connectivity index (χ1n) is 9.16. The molecule has 1 aliphatic heterocycles. The Morgan fingerprint density at radius 2 is 1.62 bits per heavy atom. The van der Waals surface area contributed by atoms with Crippen molar-refractivity contribution in [1.82, 2.24) is 15.5 Å². The number of nitrogens with one attached hydrogen (secondary N) is 2. The molecule has 0 bridgehead atoms. The van der Waals surface area contributed by atoms with Crippen LogP contribution in [0, 0.1) is 0 Å². The van der Waals surface area contributed by atoms with E-state index in [0.717, 1.165) is 18.4 Å². The molecule has 1 fully saturated rings. The standard InChI is InChI=1S/C21H23N3O2/c25-20-14-19(15-6-2-1-3-7-15)24(11-10-22-20)21(26)23-18-12-16-8-4-5-9-17(16)13-18/h1-9,18-19H,10-14H2,(H,22,25)(H,23,26)/t19-/m1/s1. The molecule has 2 aromatic rings. The molecule has 1 heterocycles. The van der Waals surface area contributed by atoms with Crippen molar-refractivity contribution in [2.45, 2.75) is 31.3 Å². The van der Waals surface area contributed by atoms with E-state index in [1.807, 2.05) is 42.5 Å². The van der Waals surface area contributed by atoms with Gasteiger partial charge in [0.15, 0.2) is 0 Å². The Balaban J connectivity index is 1.50. The normalized spacial score (nSPS) is 20.2. The van der Waals surface area contributed by atoms with E-state index in [1.54, 1.807) is 4.90 Å². The maximum absolute atomic E-state index is 13.0. The van der Waals surface area contributed by atoms with Gasteiger partial charge in [-0.1, -0.05) is 54.6 Å². The minimum Gasteiger partial charge on any atom is -0.354 e. The summed E-state index contributed by atoms with van der Waals surface area (Å²) in [7, 11) is 0. The van der Waals surface area contributed by atoms with Crippen LogP contribution in [0.3, 0.4) is 0 Å². The average Bonchev–Trinajstić information content (AvgIpc) is 2.95. The smallest absolute Gasteiger partial charge is 0.318 e. The largest absolute Gasteiger partial charge is 0.354 e. The first-order valence-corrected chi connectivity index (χ1v) is 9.16. The van der Waals surface area contributed by atoms with Crippen molar-refractivity contribution in [3.63, 3.8) is 0 Å². The third-order valence-electron chi connectivity index (χ3n) is 5.25. The van der Waals surface area contributed by atoms with Crippen LogP contribution in [-0.4, -0.2) is 36.0 Å². The molecule has 0 aromatic heterocycles. The molecule has 3 amide bonds. The van der Waals surface area contributed by atoms with Gasteiger partial charge in [0, 0.05) is 19.1 Å². The van der Waals surface area contributed by atoms with Gasteiger partial charge in [0.25, 0.3) is 0 Å². The van der Waals surface area contributed by atoms with E-state index in [-0.39, 0.29) is 24.0 Å². The Morgan fingerprint density at radius 3 is 2.31 bits per heavy atom. The lowest BCUT2D eigenvalue weighted by atomic mass is 10.0. The lowest BCUT2D eigenvalue weighted by Gasteiger charge is -2.31. The molecule has 1 saturated heterocycles. The summed E-state index contributed by atoms with van der Waals surface area (Å²) < 4.78 is 0. The highest BCUT2D eigenvalue weighted by Gasteiger charge is 2.31. The fourth-order valence-electron chi connectivity index (χ4n) is 3.96. The molecule has 1 atom stereocenters. The van der Waals surface area contributed by atoms with E-state index < -0.39 is 0 Å². The van der Waals surface area contributed by atoms with E-state index in [2.05, 4.69) is 22.8 Å². The predicted octanol–water partition coefficient (Wildman–Crippen LogP) is 2.43. The highest BCUT2D eigenvalue weighted by molar-refractivity contribution is 5.80. The Kier molecular flexibility index (Phi) is 4.61. The number of urea groups is 1. The number of hydrogen-bond acceptors (Lipinski definition) is 2. The second-order valence-electron chi connectivity index (χ2n) is 7.00. The van der Waals surface area contributed by atoms with E-state index in [1.165, 1.54) is 11.1 Å². The van der Waals surface area contributed by atoms with E-state index in [0.29, 0.717) is 19.5 Å². The summed E-state index contributed by atoms with van der Waals surface area (Å²) in [4.78, 5) is 26.9. The van der Waals surface area contributed by atoms with Crippen molar-refractivity contribution in [3.8, 4) is 0 Å². The van der Waals surface area contributed by atoms with Crippen LogP contribution in [0.15, 0.2) is 54.6 Å². The summed E-state index contributed by atoms with van der Waals surface area (Å²) in [6, 6.07) is 17.9. The molecule has 134 valence electrons. The molecule has 1 aliphatic carbocycles. The summed E-state index contributed by atoms with van der Waals surface area (Å²) >= 11 is 0. The molecule has 2 aromatic carbocycles. The van der Waals surface area contributed by atoms with Crippen molar-refractivity contribution in [1.29, 1.82) is 0 Å². The van der Waals surface area contributed by atoms with Crippen molar-refractivity contribution in [2.24, 2.45) is 0 Å². The average molecular weight is 349 g/mol. The van der Waals surface area contributed by atoms with Gasteiger partial charge in [-0.2, -0.15) is 0 Å². The molecule has 5 nitrogen and oxygen atoms in total. The Hall–Kier alpha value is -2.82. The molecule has 4 rings (SSSR count). The van der Waals surface area contributed by atoms with Crippen LogP contribution in [-0.2, 0) is 17.6 Å². The van der Waals surface area contributed by atoms with Crippen LogP contribution in [0.25, 0.3) is 0 Å². The molecule has 0 radical (unpaired) electrons. The van der Waals surface area contributed by atoms with Crippen molar-refractivity contribution < 1.29 is 9.59 Å². The highest BCUT2D eigenvalue weighted by atomic mass is 16.2. The van der Waals surface area contributed by atoms with Gasteiger partial charge >= 0.3 is 6.03 Å². The first-order chi connectivity index (χ1) is 12.7. The minimum atomic E-state index is -0.234. The van der Waals surface area contributed by atoms with Gasteiger partial charge in [-0.3, -0.25) is 4.79 Å². The van der Waals surface area contributed by atoms with Crippen molar-refractivity contribution >= 4 is 11.9 Å². The van der Waals surface area contributed by atoms with Gasteiger partial charge in [-0.05, 0) is 29.5 Å². The minimum absolute atomic E-state index is 0.0116. The van der Waals surface area contributed by atoms with Gasteiger partial charge in [0.1, 0.15) is 0 Å². The van der Waals surface area contributed by atoms with Crippen LogP contribution in [0.1, 0.15) is 29.2 Å². The zero-order valence-corrected chi connectivity index (χ0v) is 14.7. The summed E-state index contributed by atoms with van der Waals surface area (Å²) in [5, 5.41) is 6.06. The highest BCUT2D eigenvalue weighted by Crippen LogP contribution is 2.27. The second kappa shape index (κ2) is 7.20. The molecule has 2 N–H and O–H groups in total. The number of nitrogens with zero attached hydrogens (tertiary/aromatic N) is 1. The number of amides is 3. The molecule has 0 saturated carbocycles. The van der Waals surface area contributed by atoms with Gasteiger partial charge < -0.3 is 15.5 Å². The quantitative estimate of drug-likeness (QED) is 0.875. The van der Waals surface area contributed by atoms with Crippen LogP contribution >= 0.6 is 0 Å². The second-order valence-corrected chi connectivity index (χ2v) is 7.00. The molecule has 0 spiro atoms. The molecule has 0 unspecified atom stereocenters. The fraction of sp³-hybridized carbons (Fsp3) is 0.333. The summed E-state index contributed by atoms with van der Waals surface area (Å²) in [6.07, 6.45) is 2.02. The van der Waals surface area contributed by atoms with Crippen LogP contribution in [0.2, 0.25) is 0 Å². The van der Waals surface area contributed by atoms with E-state index >= 15 is 0 Å². The monoisotopic (exact) mass is 349 g/mol. The summed E-state index contributed by atoms with van der Waals surface area (Å²) in [5.74, 6) is -0.0116. The Bertz CT molecular complexity index is 781. The molecule has 26 heavy (non-hydrogen) atoms. The topological polar surface area (TPSA) is 61.4 Å². The van der Waals surface area contributed by atoms with Crippen molar-refractivity contribution in [3.05, 3.63) is 71.3 Å². The SMILES string of the molecule is O=C1C[C@H](c2ccccc2)N(C(=O)NC2Cc3ccccc3C2)CCN1. The maximum atomic E-state index is 13.0. The van der Waals surface area contributed by atoms with Gasteiger partial charge in [-0.15, -0.1) is 0 Å². The summed E-state index contributed by atoms with van der Waals surface area (Å²) in [5.41, 5.74) is 3.62. The van der Waals surface area contributed by atoms with Gasteiger partial charge in [0.2, 0.25) is 5.91 Å². The summed E-state index contributed by atoms with van der Waals surface area (Å²) in [6.45, 7) is 0.997. The fourth-order valence-corrected chi connectivity index (χ4v) is 3.96. The number of rotatable bonds is 2. The number of carbonyl (C=O) groups is 2. The number of benzene rings is 2. The lowest BCUT2D eigenvalue weighted by Crippen LogP contribution is -2.47. The van der Waals surface area contributed by atoms with E-state index in [4.69, 9.17) is 0 Å². The number of hydrogen-bond donors (Lipinski definition) is 2. The Labute approximate surface area is 153 Å². The van der Waals surface area contributed by atoms with Crippen LogP contribution in [0.5, 0.6) is 0 Å². The molecule has 2 aliphatic rings. The van der Waals surface area contributed by atoms with Gasteiger partial charge in [0.05, 0.1) is 12.5 Å². The number of carbonyl (C=O) groups excluding carboxylic acids is 2. The molecule has 5 heteroatoms. The van der Waals surface area contributed by atoms with Crippen LogP contribution < -0.4 is 10.6 Å². The lowest BCUT2D eigenvalue weighted by molar-refractivity contribution is -0.121. The zero-order chi connectivity index (χ0) is 17.9. The first kappa shape index (κ1) is 16.6. The number of fused-ring (bicyclic) bond motifs is 1.